The molecule has 1 saturated carbocycles. The van der Waals surface area contributed by atoms with Gasteiger partial charge >= 0.3 is 0 Å². The summed E-state index contributed by atoms with van der Waals surface area (Å²) in [5.74, 6) is -1.92. The second-order valence-corrected chi connectivity index (χ2v) is 3.91. The van der Waals surface area contributed by atoms with Crippen LogP contribution in [0.2, 0.25) is 0 Å². The van der Waals surface area contributed by atoms with Crippen molar-refractivity contribution in [2.75, 3.05) is 0 Å². The van der Waals surface area contributed by atoms with E-state index in [1.807, 2.05) is 6.92 Å². The van der Waals surface area contributed by atoms with Crippen LogP contribution < -0.4 is 0 Å². The standard InChI is InChI=1S/C9H12O3/c1-5-4-6(10)7(11)8(12)9(5,2)3/h5H,4H2,1-3H3. The minimum atomic E-state index is -0.821. The molecule has 1 aliphatic carbocycles. The Bertz CT molecular complexity index is 263. The van der Waals surface area contributed by atoms with Gasteiger partial charge in [0.25, 0.3) is 5.78 Å². The fourth-order valence-corrected chi connectivity index (χ4v) is 1.27. The van der Waals surface area contributed by atoms with Gasteiger partial charge in [-0.2, -0.15) is 0 Å². The normalized spacial score (nSPS) is 29.2. The monoisotopic (exact) mass is 168 g/mol. The molecule has 0 N–H and O–H groups in total. The lowest BCUT2D eigenvalue weighted by Gasteiger charge is -2.32. The van der Waals surface area contributed by atoms with E-state index in [4.69, 9.17) is 0 Å². The van der Waals surface area contributed by atoms with E-state index in [0.29, 0.717) is 0 Å². The van der Waals surface area contributed by atoms with Gasteiger partial charge in [0.05, 0.1) is 0 Å². The zero-order chi connectivity index (χ0) is 9.52. The Morgan fingerprint density at radius 3 is 2.25 bits per heavy atom. The number of Topliss-reactive ketones (excluding diaryl/α,β-unsaturated/α-hetero) is 3. The average Bonchev–Trinajstić information content (AvgIpc) is 1.99. The summed E-state index contributed by atoms with van der Waals surface area (Å²) >= 11 is 0. The highest BCUT2D eigenvalue weighted by Crippen LogP contribution is 2.34. The van der Waals surface area contributed by atoms with Crippen molar-refractivity contribution in [3.05, 3.63) is 0 Å². The molecule has 0 aliphatic heterocycles. The molecule has 1 atom stereocenters. The Labute approximate surface area is 71.1 Å². The van der Waals surface area contributed by atoms with Gasteiger partial charge in [-0.15, -0.1) is 0 Å². The Kier molecular flexibility index (Phi) is 1.90. The maximum atomic E-state index is 11.3. The van der Waals surface area contributed by atoms with Crippen LogP contribution in [-0.2, 0) is 14.4 Å². The molecule has 0 amide bonds. The summed E-state index contributed by atoms with van der Waals surface area (Å²) in [5, 5.41) is 0. The van der Waals surface area contributed by atoms with E-state index >= 15 is 0 Å². The Hall–Kier alpha value is -0.990. The van der Waals surface area contributed by atoms with E-state index in [0.717, 1.165) is 0 Å². The second kappa shape index (κ2) is 2.51. The minimum Gasteiger partial charge on any atom is -0.290 e. The number of hydrogen-bond acceptors (Lipinski definition) is 3. The Balaban J connectivity index is 3.04. The van der Waals surface area contributed by atoms with Gasteiger partial charge in [-0.1, -0.05) is 20.8 Å². The van der Waals surface area contributed by atoms with Gasteiger partial charge in [0.2, 0.25) is 11.6 Å². The first-order chi connectivity index (χ1) is 5.37. The lowest BCUT2D eigenvalue weighted by molar-refractivity contribution is -0.152. The number of carbonyl (C=O) groups excluding carboxylic acids is 3. The van der Waals surface area contributed by atoms with E-state index in [2.05, 4.69) is 0 Å². The maximum absolute atomic E-state index is 11.3. The van der Waals surface area contributed by atoms with Crippen LogP contribution in [0.1, 0.15) is 27.2 Å². The van der Waals surface area contributed by atoms with Crippen molar-refractivity contribution in [3.8, 4) is 0 Å². The van der Waals surface area contributed by atoms with E-state index in [1.54, 1.807) is 13.8 Å². The van der Waals surface area contributed by atoms with Crippen LogP contribution in [0.15, 0.2) is 0 Å². The first-order valence-corrected chi connectivity index (χ1v) is 3.99. The summed E-state index contributed by atoms with van der Waals surface area (Å²) in [6.07, 6.45) is 0.206. The van der Waals surface area contributed by atoms with Crippen LogP contribution in [0.4, 0.5) is 0 Å². The van der Waals surface area contributed by atoms with Gasteiger partial charge in [0.15, 0.2) is 0 Å². The highest BCUT2D eigenvalue weighted by atomic mass is 16.2. The molecule has 3 heteroatoms. The van der Waals surface area contributed by atoms with Crippen LogP contribution in [0.5, 0.6) is 0 Å². The fourth-order valence-electron chi connectivity index (χ4n) is 1.27. The summed E-state index contributed by atoms with van der Waals surface area (Å²) in [7, 11) is 0. The van der Waals surface area contributed by atoms with Gasteiger partial charge in [-0.25, -0.2) is 0 Å². The van der Waals surface area contributed by atoms with Crippen LogP contribution in [0.3, 0.4) is 0 Å². The smallest absolute Gasteiger partial charge is 0.264 e. The Morgan fingerprint density at radius 2 is 1.75 bits per heavy atom. The van der Waals surface area contributed by atoms with Gasteiger partial charge in [0, 0.05) is 11.8 Å². The molecular weight excluding hydrogens is 156 g/mol. The minimum absolute atomic E-state index is 0.0322. The van der Waals surface area contributed by atoms with Crippen molar-refractivity contribution in [2.45, 2.75) is 27.2 Å². The molecule has 0 bridgehead atoms. The van der Waals surface area contributed by atoms with Crippen molar-refractivity contribution in [1.82, 2.24) is 0 Å². The first-order valence-electron chi connectivity index (χ1n) is 3.99. The largest absolute Gasteiger partial charge is 0.290 e. The molecule has 1 fully saturated rings. The molecule has 12 heavy (non-hydrogen) atoms. The molecule has 1 rings (SSSR count). The number of ketones is 3. The molecule has 3 nitrogen and oxygen atoms in total. The van der Waals surface area contributed by atoms with Crippen LogP contribution in [-0.4, -0.2) is 17.3 Å². The quantitative estimate of drug-likeness (QED) is 0.502. The SMILES string of the molecule is CC1CC(=O)C(=O)C(=O)C1(C)C. The third-order valence-corrected chi connectivity index (χ3v) is 2.77. The third kappa shape index (κ3) is 1.09. The van der Waals surface area contributed by atoms with Crippen molar-refractivity contribution in [1.29, 1.82) is 0 Å². The molecule has 1 unspecified atom stereocenters. The molecule has 0 aromatic heterocycles. The molecule has 1 aliphatic rings. The van der Waals surface area contributed by atoms with E-state index in [9.17, 15) is 14.4 Å². The number of carbonyl (C=O) groups is 3. The van der Waals surface area contributed by atoms with Crippen molar-refractivity contribution in [2.24, 2.45) is 11.3 Å². The molecule has 0 aromatic rings. The molecule has 0 saturated heterocycles. The van der Waals surface area contributed by atoms with Crippen molar-refractivity contribution >= 4 is 17.3 Å². The molecular formula is C9H12O3. The summed E-state index contributed by atoms with van der Waals surface area (Å²) in [5.41, 5.74) is -0.662. The maximum Gasteiger partial charge on any atom is 0.264 e. The van der Waals surface area contributed by atoms with Gasteiger partial charge < -0.3 is 0 Å². The van der Waals surface area contributed by atoms with E-state index in [1.165, 1.54) is 0 Å². The second-order valence-electron chi connectivity index (χ2n) is 3.91. The predicted octanol–water partition coefficient (Wildman–Crippen LogP) is 0.760. The Morgan fingerprint density at radius 1 is 1.25 bits per heavy atom. The summed E-state index contributed by atoms with van der Waals surface area (Å²) in [6, 6.07) is 0. The fraction of sp³-hybridized carbons (Fsp3) is 0.667. The third-order valence-electron chi connectivity index (χ3n) is 2.77. The lowest BCUT2D eigenvalue weighted by Crippen LogP contribution is -2.46. The summed E-state index contributed by atoms with van der Waals surface area (Å²) < 4.78 is 0. The molecule has 0 spiro atoms. The van der Waals surface area contributed by atoms with Gasteiger partial charge in [0.1, 0.15) is 0 Å². The summed E-state index contributed by atoms with van der Waals surface area (Å²) in [4.78, 5) is 33.2. The molecule has 0 radical (unpaired) electrons. The van der Waals surface area contributed by atoms with E-state index < -0.39 is 22.8 Å². The summed E-state index contributed by atoms with van der Waals surface area (Å²) in [6.45, 7) is 5.25. The van der Waals surface area contributed by atoms with Gasteiger partial charge in [-0.05, 0) is 5.92 Å². The zero-order valence-electron chi connectivity index (χ0n) is 7.51. The highest BCUT2D eigenvalue weighted by molar-refractivity contribution is 6.65. The van der Waals surface area contributed by atoms with Crippen molar-refractivity contribution < 1.29 is 14.4 Å². The van der Waals surface area contributed by atoms with Crippen LogP contribution in [0, 0.1) is 11.3 Å². The zero-order valence-corrected chi connectivity index (χ0v) is 7.51. The number of rotatable bonds is 0. The molecule has 0 aromatic carbocycles. The topological polar surface area (TPSA) is 51.2 Å². The van der Waals surface area contributed by atoms with Gasteiger partial charge in [-0.3, -0.25) is 14.4 Å². The van der Waals surface area contributed by atoms with Crippen molar-refractivity contribution in [3.63, 3.8) is 0 Å². The molecule has 0 heterocycles. The van der Waals surface area contributed by atoms with Crippen LogP contribution in [0.25, 0.3) is 0 Å². The average molecular weight is 168 g/mol. The lowest BCUT2D eigenvalue weighted by atomic mass is 9.68. The highest BCUT2D eigenvalue weighted by Gasteiger charge is 2.45. The van der Waals surface area contributed by atoms with E-state index in [-0.39, 0.29) is 12.3 Å². The molecule has 66 valence electrons. The number of hydrogen-bond donors (Lipinski definition) is 0. The van der Waals surface area contributed by atoms with Crippen LogP contribution >= 0.6 is 0 Å². The predicted molar refractivity (Wildman–Crippen MR) is 42.6 cm³/mol. The first kappa shape index (κ1) is 9.10.